The molecule has 23 heavy (non-hydrogen) atoms. The topological polar surface area (TPSA) is 42.2 Å². The average molecular weight is 348 g/mol. The first-order valence-corrected chi connectivity index (χ1v) is 8.69. The van der Waals surface area contributed by atoms with Gasteiger partial charge >= 0.3 is 0 Å². The Morgan fingerprint density at radius 1 is 1.17 bits per heavy atom. The summed E-state index contributed by atoms with van der Waals surface area (Å²) in [6, 6.07) is 12.1. The van der Waals surface area contributed by atoms with Crippen molar-refractivity contribution in [1.29, 1.82) is 0 Å². The smallest absolute Gasteiger partial charge is 0.247 e. The molecule has 0 spiro atoms. The molecule has 0 amide bonds. The van der Waals surface area contributed by atoms with E-state index in [1.54, 1.807) is 11.3 Å². The number of halogens is 1. The molecule has 0 unspecified atom stereocenters. The number of hydrogen-bond acceptors (Lipinski definition) is 5. The highest BCUT2D eigenvalue weighted by molar-refractivity contribution is 7.16. The molecule has 0 atom stereocenters. The number of nitrogens with zero attached hydrogens (tertiary/aromatic N) is 3. The van der Waals surface area contributed by atoms with Crippen LogP contribution in [0.3, 0.4) is 0 Å². The van der Waals surface area contributed by atoms with E-state index in [1.165, 1.54) is 10.4 Å². The van der Waals surface area contributed by atoms with Crippen molar-refractivity contribution < 1.29 is 4.42 Å². The highest BCUT2D eigenvalue weighted by atomic mass is 35.5. The Bertz CT molecular complexity index is 784. The van der Waals surface area contributed by atoms with Gasteiger partial charge < -0.3 is 4.42 Å². The maximum Gasteiger partial charge on any atom is 0.247 e. The molecule has 0 saturated heterocycles. The molecule has 0 saturated carbocycles. The third-order valence-electron chi connectivity index (χ3n) is 3.55. The molecular weight excluding hydrogens is 330 g/mol. The van der Waals surface area contributed by atoms with E-state index in [0.29, 0.717) is 18.3 Å². The van der Waals surface area contributed by atoms with E-state index in [2.05, 4.69) is 28.1 Å². The predicted octanol–water partition coefficient (Wildman–Crippen LogP) is 4.78. The van der Waals surface area contributed by atoms with Gasteiger partial charge in [0.2, 0.25) is 11.8 Å². The number of aromatic nitrogens is 2. The van der Waals surface area contributed by atoms with Crippen LogP contribution in [0.15, 0.2) is 40.8 Å². The van der Waals surface area contributed by atoms with Gasteiger partial charge in [-0.1, -0.05) is 36.2 Å². The van der Waals surface area contributed by atoms with Crippen molar-refractivity contribution in [2.45, 2.75) is 26.9 Å². The Hall–Kier alpha value is -1.69. The summed E-state index contributed by atoms with van der Waals surface area (Å²) in [6.07, 6.45) is 0. The normalized spacial score (nSPS) is 11.3. The van der Waals surface area contributed by atoms with Crippen LogP contribution < -0.4 is 0 Å². The molecule has 0 bridgehead atoms. The molecule has 120 valence electrons. The van der Waals surface area contributed by atoms with E-state index >= 15 is 0 Å². The second-order valence-corrected chi connectivity index (χ2v) is 7.18. The first-order chi connectivity index (χ1) is 11.1. The van der Waals surface area contributed by atoms with Crippen LogP contribution in [0.25, 0.3) is 11.5 Å². The van der Waals surface area contributed by atoms with Gasteiger partial charge in [-0.2, -0.15) is 0 Å². The first kappa shape index (κ1) is 16.2. The van der Waals surface area contributed by atoms with E-state index in [4.69, 9.17) is 16.0 Å². The molecule has 0 aliphatic carbocycles. The van der Waals surface area contributed by atoms with E-state index in [0.717, 1.165) is 23.0 Å². The quantitative estimate of drug-likeness (QED) is 0.643. The molecule has 2 heterocycles. The van der Waals surface area contributed by atoms with E-state index in [-0.39, 0.29) is 0 Å². The third kappa shape index (κ3) is 4.19. The van der Waals surface area contributed by atoms with Crippen LogP contribution in [0.4, 0.5) is 0 Å². The zero-order valence-corrected chi connectivity index (χ0v) is 14.7. The van der Waals surface area contributed by atoms with Crippen molar-refractivity contribution >= 4 is 22.9 Å². The van der Waals surface area contributed by atoms with Gasteiger partial charge in [-0.25, -0.2) is 0 Å². The van der Waals surface area contributed by atoms with Crippen LogP contribution in [0.5, 0.6) is 0 Å². The highest BCUT2D eigenvalue weighted by Crippen LogP contribution is 2.24. The largest absolute Gasteiger partial charge is 0.419 e. The van der Waals surface area contributed by atoms with Gasteiger partial charge in [0.15, 0.2) is 0 Å². The molecule has 0 fully saturated rings. The lowest BCUT2D eigenvalue weighted by atomic mass is 10.1. The average Bonchev–Trinajstić information content (AvgIpc) is 3.16. The SMILES string of the molecule is CCN(Cc1nnc(-c2cccc(C)c2)o1)Cc1ccc(Cl)s1. The molecule has 0 aliphatic rings. The fraction of sp³-hybridized carbons (Fsp3) is 0.294. The third-order valence-corrected chi connectivity index (χ3v) is 4.76. The lowest BCUT2D eigenvalue weighted by Crippen LogP contribution is -2.21. The highest BCUT2D eigenvalue weighted by Gasteiger charge is 2.13. The summed E-state index contributed by atoms with van der Waals surface area (Å²) in [6.45, 7) is 6.53. The summed E-state index contributed by atoms with van der Waals surface area (Å²) in [5.74, 6) is 1.20. The van der Waals surface area contributed by atoms with Crippen LogP contribution in [-0.4, -0.2) is 21.6 Å². The van der Waals surface area contributed by atoms with Crippen molar-refractivity contribution in [3.05, 3.63) is 57.1 Å². The lowest BCUT2D eigenvalue weighted by Gasteiger charge is -2.16. The molecule has 2 aromatic heterocycles. The molecule has 1 aromatic carbocycles. The summed E-state index contributed by atoms with van der Waals surface area (Å²) in [5.41, 5.74) is 2.13. The summed E-state index contributed by atoms with van der Waals surface area (Å²) >= 11 is 7.59. The van der Waals surface area contributed by atoms with Crippen LogP contribution in [0.2, 0.25) is 4.34 Å². The van der Waals surface area contributed by atoms with Gasteiger partial charge in [-0.3, -0.25) is 4.90 Å². The number of benzene rings is 1. The minimum absolute atomic E-state index is 0.568. The van der Waals surface area contributed by atoms with Crippen LogP contribution in [0.1, 0.15) is 23.3 Å². The van der Waals surface area contributed by atoms with Gasteiger partial charge in [0, 0.05) is 17.0 Å². The number of aryl methyl sites for hydroxylation is 1. The molecule has 3 rings (SSSR count). The monoisotopic (exact) mass is 347 g/mol. The second kappa shape index (κ2) is 7.25. The summed E-state index contributed by atoms with van der Waals surface area (Å²) < 4.78 is 6.63. The summed E-state index contributed by atoms with van der Waals surface area (Å²) in [4.78, 5) is 3.48. The molecule has 3 aromatic rings. The molecule has 6 heteroatoms. The summed E-state index contributed by atoms with van der Waals surface area (Å²) in [5, 5.41) is 8.34. The maximum atomic E-state index is 5.99. The molecule has 4 nitrogen and oxygen atoms in total. The number of rotatable bonds is 6. The maximum absolute atomic E-state index is 5.99. The van der Waals surface area contributed by atoms with Gasteiger partial charge in [0.05, 0.1) is 10.9 Å². The fourth-order valence-electron chi connectivity index (χ4n) is 2.34. The Balaban J connectivity index is 1.69. The fourth-order valence-corrected chi connectivity index (χ4v) is 3.47. The van der Waals surface area contributed by atoms with Crippen molar-refractivity contribution in [3.8, 4) is 11.5 Å². The minimum Gasteiger partial charge on any atom is -0.419 e. The van der Waals surface area contributed by atoms with Gasteiger partial charge in [0.25, 0.3) is 0 Å². The zero-order valence-electron chi connectivity index (χ0n) is 13.1. The van der Waals surface area contributed by atoms with Gasteiger partial charge in [-0.15, -0.1) is 21.5 Å². The van der Waals surface area contributed by atoms with Crippen molar-refractivity contribution in [2.24, 2.45) is 0 Å². The zero-order chi connectivity index (χ0) is 16.2. The number of hydrogen-bond donors (Lipinski definition) is 0. The molecular formula is C17H18ClN3OS. The standard InChI is InChI=1S/C17H18ClN3OS/c1-3-21(10-14-7-8-15(18)23-14)11-16-19-20-17(22-16)13-6-4-5-12(2)9-13/h4-9H,3,10-11H2,1-2H3. The van der Waals surface area contributed by atoms with Crippen molar-refractivity contribution in [3.63, 3.8) is 0 Å². The Morgan fingerprint density at radius 3 is 2.74 bits per heavy atom. The van der Waals surface area contributed by atoms with Crippen LogP contribution >= 0.6 is 22.9 Å². The second-order valence-electron chi connectivity index (χ2n) is 5.38. The van der Waals surface area contributed by atoms with Crippen molar-refractivity contribution in [2.75, 3.05) is 6.54 Å². The Kier molecular flexibility index (Phi) is 5.10. The van der Waals surface area contributed by atoms with E-state index in [9.17, 15) is 0 Å². The minimum atomic E-state index is 0.568. The first-order valence-electron chi connectivity index (χ1n) is 7.50. The Labute approximate surface area is 144 Å². The van der Waals surface area contributed by atoms with Gasteiger partial charge in [0.1, 0.15) is 0 Å². The number of thiophene rings is 1. The predicted molar refractivity (Wildman–Crippen MR) is 93.6 cm³/mol. The van der Waals surface area contributed by atoms with Crippen LogP contribution in [0, 0.1) is 6.92 Å². The lowest BCUT2D eigenvalue weighted by molar-refractivity contribution is 0.245. The Morgan fingerprint density at radius 2 is 2.04 bits per heavy atom. The molecule has 0 aliphatic heterocycles. The van der Waals surface area contributed by atoms with E-state index in [1.807, 2.05) is 37.3 Å². The van der Waals surface area contributed by atoms with Crippen molar-refractivity contribution in [1.82, 2.24) is 15.1 Å². The molecule has 0 radical (unpaired) electrons. The van der Waals surface area contributed by atoms with E-state index < -0.39 is 0 Å². The summed E-state index contributed by atoms with van der Waals surface area (Å²) in [7, 11) is 0. The molecule has 0 N–H and O–H groups in total. The van der Waals surface area contributed by atoms with Gasteiger partial charge in [-0.05, 0) is 37.7 Å². The van der Waals surface area contributed by atoms with Crippen LogP contribution in [-0.2, 0) is 13.1 Å².